The van der Waals surface area contributed by atoms with Crippen LogP contribution in [0.1, 0.15) is 0 Å². The van der Waals surface area contributed by atoms with E-state index < -0.39 is 12.8 Å². The smallest absolute Gasteiger partial charge is 0.261 e. The normalized spacial score (nSPS) is 12.3. The fourth-order valence-corrected chi connectivity index (χ4v) is 4.81. The van der Waals surface area contributed by atoms with Crippen molar-refractivity contribution in [2.75, 3.05) is 25.0 Å². The Morgan fingerprint density at radius 3 is 1.70 bits per heavy atom. The van der Waals surface area contributed by atoms with Crippen LogP contribution in [-0.2, 0) is 9.09 Å². The van der Waals surface area contributed by atoms with Gasteiger partial charge in [-0.2, -0.15) is 0 Å². The first-order valence-corrected chi connectivity index (χ1v) is 9.88. The molecule has 2 rings (SSSR count). The molecular weight excluding hydrogens is 354 g/mol. The summed E-state index contributed by atoms with van der Waals surface area (Å²) >= 11 is 11.9. The average molecular weight is 373 g/mol. The Bertz CT molecular complexity index is 594. The molecule has 2 aromatic rings. The molecular formula is C17H19Cl2O3P. The molecule has 0 unspecified atom stereocenters. The van der Waals surface area contributed by atoms with Crippen molar-refractivity contribution < 1.29 is 14.2 Å². The molecule has 0 bridgehead atoms. The van der Waals surface area contributed by atoms with Crippen molar-refractivity contribution in [1.29, 1.82) is 0 Å². The van der Waals surface area contributed by atoms with E-state index in [0.717, 1.165) is 0 Å². The largest absolute Gasteiger partial charge is 0.396 e. The van der Waals surface area contributed by atoms with Crippen LogP contribution in [0.2, 0.25) is 0 Å². The Kier molecular flexibility index (Phi) is 6.70. The van der Waals surface area contributed by atoms with Gasteiger partial charge >= 0.3 is 0 Å². The molecule has 6 heteroatoms. The SMILES string of the molecule is O=P(OCC(CO)(CCl)CCl)(c1ccccc1)c1ccccc1. The molecule has 0 saturated heterocycles. The van der Waals surface area contributed by atoms with Gasteiger partial charge < -0.3 is 9.63 Å². The molecule has 0 fully saturated rings. The number of alkyl halides is 2. The number of hydrogen-bond acceptors (Lipinski definition) is 3. The van der Waals surface area contributed by atoms with Crippen molar-refractivity contribution in [3.63, 3.8) is 0 Å². The third kappa shape index (κ3) is 4.17. The number of hydrogen-bond donors (Lipinski definition) is 1. The highest BCUT2D eigenvalue weighted by Crippen LogP contribution is 2.46. The fraction of sp³-hybridized carbons (Fsp3) is 0.294. The Balaban J connectivity index is 2.38. The van der Waals surface area contributed by atoms with Crippen LogP contribution in [0, 0.1) is 5.41 Å². The van der Waals surface area contributed by atoms with Crippen molar-refractivity contribution >= 4 is 41.2 Å². The molecule has 0 heterocycles. The average Bonchev–Trinajstić information content (AvgIpc) is 2.64. The van der Waals surface area contributed by atoms with E-state index in [1.165, 1.54) is 0 Å². The quantitative estimate of drug-likeness (QED) is 0.570. The predicted molar refractivity (Wildman–Crippen MR) is 96.7 cm³/mol. The molecule has 23 heavy (non-hydrogen) atoms. The molecule has 0 amide bonds. The second kappa shape index (κ2) is 8.32. The maximum atomic E-state index is 13.6. The van der Waals surface area contributed by atoms with Crippen LogP contribution in [0.3, 0.4) is 0 Å². The highest BCUT2D eigenvalue weighted by molar-refractivity contribution is 7.74. The van der Waals surface area contributed by atoms with Gasteiger partial charge in [-0.15, -0.1) is 23.2 Å². The predicted octanol–water partition coefficient (Wildman–Crippen LogP) is 3.39. The highest BCUT2D eigenvalue weighted by atomic mass is 35.5. The van der Waals surface area contributed by atoms with Crippen LogP contribution in [0.4, 0.5) is 0 Å². The summed E-state index contributed by atoms with van der Waals surface area (Å²) in [5, 5.41) is 10.8. The van der Waals surface area contributed by atoms with E-state index in [1.54, 1.807) is 24.3 Å². The summed E-state index contributed by atoms with van der Waals surface area (Å²) < 4.78 is 19.5. The molecule has 0 aliphatic carbocycles. The van der Waals surface area contributed by atoms with Crippen LogP contribution in [0.5, 0.6) is 0 Å². The first kappa shape index (κ1) is 18.5. The molecule has 0 saturated carbocycles. The third-order valence-electron chi connectivity index (χ3n) is 3.65. The number of halogens is 2. The maximum Gasteiger partial charge on any atom is 0.261 e. The Morgan fingerprint density at radius 2 is 1.35 bits per heavy atom. The first-order chi connectivity index (χ1) is 11.1. The summed E-state index contributed by atoms with van der Waals surface area (Å²) in [5.41, 5.74) is -0.817. The summed E-state index contributed by atoms with van der Waals surface area (Å²) in [7, 11) is -3.29. The zero-order valence-electron chi connectivity index (χ0n) is 12.6. The summed E-state index contributed by atoms with van der Waals surface area (Å²) in [6.45, 7) is -0.221. The van der Waals surface area contributed by atoms with Gasteiger partial charge in [-0.1, -0.05) is 36.4 Å². The highest BCUT2D eigenvalue weighted by Gasteiger charge is 2.35. The minimum atomic E-state index is -3.29. The minimum absolute atomic E-state index is 0.0115. The second-order valence-electron chi connectivity index (χ2n) is 5.42. The van der Waals surface area contributed by atoms with Gasteiger partial charge in [0.1, 0.15) is 0 Å². The molecule has 1 N–H and O–H groups in total. The first-order valence-electron chi connectivity index (χ1n) is 7.19. The molecule has 0 radical (unpaired) electrons. The summed E-state index contributed by atoms with van der Waals surface area (Å²) in [5.74, 6) is 0.243. The summed E-state index contributed by atoms with van der Waals surface area (Å²) in [6, 6.07) is 18.1. The molecule has 0 spiro atoms. The van der Waals surface area contributed by atoms with Crippen molar-refractivity contribution in [3.05, 3.63) is 60.7 Å². The zero-order chi connectivity index (χ0) is 16.8. The fourth-order valence-electron chi connectivity index (χ4n) is 2.02. The van der Waals surface area contributed by atoms with E-state index in [1.807, 2.05) is 36.4 Å². The number of aliphatic hydroxyl groups excluding tert-OH is 1. The molecule has 0 atom stereocenters. The molecule has 0 aliphatic rings. The topological polar surface area (TPSA) is 46.5 Å². The minimum Gasteiger partial charge on any atom is -0.396 e. The van der Waals surface area contributed by atoms with Crippen LogP contribution in [-0.4, -0.2) is 30.1 Å². The lowest BCUT2D eigenvalue weighted by Gasteiger charge is -2.29. The number of benzene rings is 2. The van der Waals surface area contributed by atoms with E-state index in [2.05, 4.69) is 0 Å². The molecule has 2 aromatic carbocycles. The van der Waals surface area contributed by atoms with Crippen molar-refractivity contribution in [2.24, 2.45) is 5.41 Å². The third-order valence-corrected chi connectivity index (χ3v) is 7.23. The van der Waals surface area contributed by atoms with Crippen LogP contribution >= 0.6 is 30.6 Å². The van der Waals surface area contributed by atoms with Gasteiger partial charge in [0, 0.05) is 27.8 Å². The number of aliphatic hydroxyl groups is 1. The Morgan fingerprint density at radius 1 is 0.913 bits per heavy atom. The lowest BCUT2D eigenvalue weighted by Crippen LogP contribution is -2.36. The van der Waals surface area contributed by atoms with Crippen LogP contribution in [0.15, 0.2) is 60.7 Å². The Labute approximate surface area is 146 Å². The summed E-state index contributed by atoms with van der Waals surface area (Å²) in [6.07, 6.45) is 0. The van der Waals surface area contributed by atoms with E-state index >= 15 is 0 Å². The van der Waals surface area contributed by atoms with Gasteiger partial charge in [-0.05, 0) is 24.3 Å². The van der Waals surface area contributed by atoms with Crippen LogP contribution < -0.4 is 10.6 Å². The standard InChI is InChI=1S/C17H19Cl2O3P/c18-11-17(12-19,13-20)14-22-23(21,15-7-3-1-4-8-15)16-9-5-2-6-10-16/h1-10,20H,11-14H2. The van der Waals surface area contributed by atoms with Gasteiger partial charge in [-0.3, -0.25) is 4.57 Å². The second-order valence-corrected chi connectivity index (χ2v) is 8.35. The van der Waals surface area contributed by atoms with Gasteiger partial charge in [0.05, 0.1) is 13.2 Å². The molecule has 124 valence electrons. The molecule has 3 nitrogen and oxygen atoms in total. The zero-order valence-corrected chi connectivity index (χ0v) is 15.0. The van der Waals surface area contributed by atoms with Gasteiger partial charge in [0.2, 0.25) is 0 Å². The number of rotatable bonds is 8. The molecule has 0 aromatic heterocycles. The monoisotopic (exact) mass is 372 g/mol. The van der Waals surface area contributed by atoms with Crippen molar-refractivity contribution in [1.82, 2.24) is 0 Å². The van der Waals surface area contributed by atoms with E-state index in [9.17, 15) is 9.67 Å². The van der Waals surface area contributed by atoms with E-state index in [-0.39, 0.29) is 25.0 Å². The van der Waals surface area contributed by atoms with Crippen molar-refractivity contribution in [3.8, 4) is 0 Å². The van der Waals surface area contributed by atoms with Gasteiger partial charge in [0.15, 0.2) is 0 Å². The van der Waals surface area contributed by atoms with E-state index in [4.69, 9.17) is 27.7 Å². The van der Waals surface area contributed by atoms with Crippen LogP contribution in [0.25, 0.3) is 0 Å². The summed E-state index contributed by atoms with van der Waals surface area (Å²) in [4.78, 5) is 0. The van der Waals surface area contributed by atoms with Gasteiger partial charge in [0.25, 0.3) is 7.37 Å². The van der Waals surface area contributed by atoms with Gasteiger partial charge in [-0.25, -0.2) is 0 Å². The lowest BCUT2D eigenvalue weighted by molar-refractivity contribution is 0.107. The Hall–Kier alpha value is -0.830. The maximum absolute atomic E-state index is 13.6. The van der Waals surface area contributed by atoms with E-state index in [0.29, 0.717) is 10.6 Å². The van der Waals surface area contributed by atoms with Crippen molar-refractivity contribution in [2.45, 2.75) is 0 Å². The lowest BCUT2D eigenvalue weighted by atomic mass is 9.96. The molecule has 0 aliphatic heterocycles.